The lowest BCUT2D eigenvalue weighted by Gasteiger charge is -2.13. The van der Waals surface area contributed by atoms with Crippen LogP contribution < -0.4 is 4.74 Å². The number of nitrogens with zero attached hydrogens (tertiary/aromatic N) is 2. The maximum atomic E-state index is 13.0. The Bertz CT molecular complexity index is 1200. The van der Waals surface area contributed by atoms with E-state index in [-0.39, 0.29) is 17.7 Å². The minimum absolute atomic E-state index is 0.242. The van der Waals surface area contributed by atoms with Gasteiger partial charge >= 0.3 is 0 Å². The molecule has 2 heterocycles. The highest BCUT2D eigenvalue weighted by molar-refractivity contribution is 14.1. The molecule has 0 spiro atoms. The van der Waals surface area contributed by atoms with Crippen LogP contribution in [0.4, 0.5) is 4.79 Å². The molecule has 1 saturated heterocycles. The molecule has 1 aromatic heterocycles. The van der Waals surface area contributed by atoms with Crippen molar-refractivity contribution < 1.29 is 14.3 Å². The highest BCUT2D eigenvalue weighted by atomic mass is 127. The molecule has 0 saturated carbocycles. The van der Waals surface area contributed by atoms with E-state index in [9.17, 15) is 9.59 Å². The summed E-state index contributed by atoms with van der Waals surface area (Å²) in [5, 5.41) is -0.242. The Labute approximate surface area is 199 Å². The average Bonchev–Trinajstić information content (AvgIpc) is 3.18. The van der Waals surface area contributed by atoms with Crippen LogP contribution in [0, 0.1) is 17.4 Å². The van der Waals surface area contributed by atoms with Gasteiger partial charge in [0.2, 0.25) is 0 Å². The van der Waals surface area contributed by atoms with E-state index in [1.165, 1.54) is 4.90 Å². The van der Waals surface area contributed by atoms with Gasteiger partial charge in [0.15, 0.2) is 0 Å². The number of carbonyl (C=O) groups excluding carboxylic acids is 2. The molecular formula is C24H21IN2O3S. The first-order valence-corrected chi connectivity index (χ1v) is 11.6. The molecule has 2 aromatic carbocycles. The molecule has 0 atom stereocenters. The first-order valence-electron chi connectivity index (χ1n) is 9.71. The van der Waals surface area contributed by atoms with Crippen molar-refractivity contribution in [1.82, 2.24) is 9.47 Å². The Balaban J connectivity index is 1.64. The number of thioether (sulfide) groups is 1. The third kappa shape index (κ3) is 4.29. The normalized spacial score (nSPS) is 15.2. The van der Waals surface area contributed by atoms with Gasteiger partial charge in [-0.15, -0.1) is 0 Å². The number of hydrogen-bond acceptors (Lipinski definition) is 4. The number of amides is 2. The fourth-order valence-electron chi connectivity index (χ4n) is 3.67. The van der Waals surface area contributed by atoms with Crippen LogP contribution in [0.5, 0.6) is 5.75 Å². The Morgan fingerprint density at radius 1 is 1.06 bits per heavy atom. The van der Waals surface area contributed by atoms with Gasteiger partial charge < -0.3 is 9.30 Å². The average molecular weight is 544 g/mol. The summed E-state index contributed by atoms with van der Waals surface area (Å²) in [4.78, 5) is 27.2. The van der Waals surface area contributed by atoms with Crippen molar-refractivity contribution in [2.45, 2.75) is 20.4 Å². The summed E-state index contributed by atoms with van der Waals surface area (Å²) in [6.45, 7) is 4.29. The standard InChI is InChI=1S/C24H21IN2O3S/c1-15-12-18(16(2)27(15)20-6-4-5-7-21(20)30-3)13-22-23(28)26(24(29)31-22)14-17-8-10-19(25)11-9-17/h4-13H,14H2,1-3H3/b22-13-. The number of rotatable bonds is 5. The molecule has 31 heavy (non-hydrogen) atoms. The second-order valence-corrected chi connectivity index (χ2v) is 9.47. The number of halogens is 1. The number of methoxy groups -OCH3 is 1. The second-order valence-electron chi connectivity index (χ2n) is 7.23. The van der Waals surface area contributed by atoms with Crippen molar-refractivity contribution >= 4 is 51.6 Å². The van der Waals surface area contributed by atoms with Crippen molar-refractivity contribution in [3.05, 3.63) is 85.6 Å². The maximum Gasteiger partial charge on any atom is 0.293 e. The smallest absolute Gasteiger partial charge is 0.293 e. The lowest BCUT2D eigenvalue weighted by Crippen LogP contribution is -2.27. The quantitative estimate of drug-likeness (QED) is 0.295. The van der Waals surface area contributed by atoms with E-state index in [0.29, 0.717) is 4.91 Å². The Morgan fingerprint density at radius 2 is 1.77 bits per heavy atom. The number of hydrogen-bond donors (Lipinski definition) is 0. The molecule has 5 nitrogen and oxygen atoms in total. The van der Waals surface area contributed by atoms with Crippen LogP contribution in [0.25, 0.3) is 11.8 Å². The molecule has 4 rings (SSSR count). The number of benzene rings is 2. The van der Waals surface area contributed by atoms with Gasteiger partial charge in [0.05, 0.1) is 24.2 Å². The zero-order valence-electron chi connectivity index (χ0n) is 17.4. The van der Waals surface area contributed by atoms with E-state index in [1.807, 2.05) is 74.5 Å². The van der Waals surface area contributed by atoms with Crippen molar-refractivity contribution in [2.75, 3.05) is 7.11 Å². The van der Waals surface area contributed by atoms with E-state index < -0.39 is 0 Å². The molecular weight excluding hydrogens is 523 g/mol. The first kappa shape index (κ1) is 21.7. The minimum Gasteiger partial charge on any atom is -0.495 e. The monoisotopic (exact) mass is 544 g/mol. The summed E-state index contributed by atoms with van der Waals surface area (Å²) in [5.41, 5.74) is 4.77. The predicted molar refractivity (Wildman–Crippen MR) is 132 cm³/mol. The molecule has 1 fully saturated rings. The number of ether oxygens (including phenoxy) is 1. The molecule has 0 unspecified atom stereocenters. The summed E-state index contributed by atoms with van der Waals surface area (Å²) in [6, 6.07) is 17.7. The van der Waals surface area contributed by atoms with Gasteiger partial charge in [-0.25, -0.2) is 0 Å². The first-order chi connectivity index (χ1) is 14.9. The van der Waals surface area contributed by atoms with E-state index in [4.69, 9.17) is 4.74 Å². The highest BCUT2D eigenvalue weighted by Gasteiger charge is 2.35. The summed E-state index contributed by atoms with van der Waals surface area (Å²) < 4.78 is 8.72. The summed E-state index contributed by atoms with van der Waals surface area (Å²) in [6.07, 6.45) is 1.81. The van der Waals surface area contributed by atoms with Crippen LogP contribution in [0.3, 0.4) is 0 Å². The van der Waals surface area contributed by atoms with Gasteiger partial charge in [-0.3, -0.25) is 14.5 Å². The summed E-state index contributed by atoms with van der Waals surface area (Å²) in [7, 11) is 1.65. The molecule has 0 radical (unpaired) electrons. The summed E-state index contributed by atoms with van der Waals surface area (Å²) >= 11 is 3.22. The number of aromatic nitrogens is 1. The molecule has 0 aliphatic carbocycles. The van der Waals surface area contributed by atoms with Gasteiger partial charge in [0.25, 0.3) is 11.1 Å². The van der Waals surface area contributed by atoms with Crippen LogP contribution in [0.2, 0.25) is 0 Å². The van der Waals surface area contributed by atoms with Crippen LogP contribution in [0.15, 0.2) is 59.5 Å². The molecule has 2 amide bonds. The molecule has 0 N–H and O–H groups in total. The predicted octanol–water partition coefficient (Wildman–Crippen LogP) is 5.94. The van der Waals surface area contributed by atoms with Crippen molar-refractivity contribution in [3.63, 3.8) is 0 Å². The zero-order valence-corrected chi connectivity index (χ0v) is 20.4. The number of aryl methyl sites for hydroxylation is 1. The molecule has 7 heteroatoms. The Morgan fingerprint density at radius 3 is 2.48 bits per heavy atom. The van der Waals surface area contributed by atoms with Crippen molar-refractivity contribution in [1.29, 1.82) is 0 Å². The Hall–Kier alpha value is -2.52. The minimum atomic E-state index is -0.254. The molecule has 0 bridgehead atoms. The van der Waals surface area contributed by atoms with Crippen molar-refractivity contribution in [3.8, 4) is 11.4 Å². The fourth-order valence-corrected chi connectivity index (χ4v) is 4.86. The van der Waals surface area contributed by atoms with Crippen LogP contribution in [0.1, 0.15) is 22.5 Å². The van der Waals surface area contributed by atoms with Crippen LogP contribution >= 0.6 is 34.4 Å². The van der Waals surface area contributed by atoms with E-state index in [2.05, 4.69) is 27.2 Å². The van der Waals surface area contributed by atoms with Crippen molar-refractivity contribution in [2.24, 2.45) is 0 Å². The van der Waals surface area contributed by atoms with Gasteiger partial charge in [0, 0.05) is 15.0 Å². The fraction of sp³-hybridized carbons (Fsp3) is 0.167. The van der Waals surface area contributed by atoms with Gasteiger partial charge in [-0.05, 0) is 95.7 Å². The molecule has 158 valence electrons. The zero-order chi connectivity index (χ0) is 22.1. The van der Waals surface area contributed by atoms with E-state index >= 15 is 0 Å². The number of para-hydroxylation sites is 2. The molecule has 1 aliphatic rings. The van der Waals surface area contributed by atoms with E-state index in [1.54, 1.807) is 7.11 Å². The maximum absolute atomic E-state index is 13.0. The summed E-state index contributed by atoms with van der Waals surface area (Å²) in [5.74, 6) is 0.518. The van der Waals surface area contributed by atoms with E-state index in [0.717, 1.165) is 49.3 Å². The molecule has 1 aliphatic heterocycles. The third-order valence-corrected chi connectivity index (χ3v) is 6.84. The number of carbonyl (C=O) groups is 2. The second kappa shape index (κ2) is 8.92. The SMILES string of the molecule is COc1ccccc1-n1c(C)cc(/C=C2\SC(=O)N(Cc3ccc(I)cc3)C2=O)c1C. The van der Waals surface area contributed by atoms with Gasteiger partial charge in [-0.2, -0.15) is 0 Å². The number of imide groups is 1. The molecule has 3 aromatic rings. The van der Waals surface area contributed by atoms with Gasteiger partial charge in [0.1, 0.15) is 5.75 Å². The Kier molecular flexibility index (Phi) is 6.24. The topological polar surface area (TPSA) is 51.5 Å². The largest absolute Gasteiger partial charge is 0.495 e. The lowest BCUT2D eigenvalue weighted by atomic mass is 10.2. The highest BCUT2D eigenvalue weighted by Crippen LogP contribution is 2.35. The third-order valence-electron chi connectivity index (χ3n) is 5.21. The van der Waals surface area contributed by atoms with Crippen LogP contribution in [-0.4, -0.2) is 27.7 Å². The lowest BCUT2D eigenvalue weighted by molar-refractivity contribution is -0.123. The van der Waals surface area contributed by atoms with Gasteiger partial charge in [-0.1, -0.05) is 24.3 Å². The van der Waals surface area contributed by atoms with Crippen LogP contribution in [-0.2, 0) is 11.3 Å².